The number of amides is 2. The summed E-state index contributed by atoms with van der Waals surface area (Å²) in [5.41, 5.74) is 1.72. The van der Waals surface area contributed by atoms with E-state index in [4.69, 9.17) is 9.47 Å². The summed E-state index contributed by atoms with van der Waals surface area (Å²) >= 11 is 0. The molecule has 2 amide bonds. The predicted octanol–water partition coefficient (Wildman–Crippen LogP) is 0.345. The molecule has 2 N–H and O–H groups in total. The molecular formula is C23H34N4O5. The molecule has 0 aliphatic carbocycles. The third kappa shape index (κ3) is 5.06. The van der Waals surface area contributed by atoms with Gasteiger partial charge in [0.25, 0.3) is 0 Å². The van der Waals surface area contributed by atoms with Crippen molar-refractivity contribution in [2.75, 3.05) is 65.8 Å². The predicted molar refractivity (Wildman–Crippen MR) is 120 cm³/mol. The van der Waals surface area contributed by atoms with Gasteiger partial charge in [-0.25, -0.2) is 0 Å². The molecule has 4 atom stereocenters. The first kappa shape index (κ1) is 23.0. The van der Waals surface area contributed by atoms with Crippen molar-refractivity contribution in [3.63, 3.8) is 0 Å². The summed E-state index contributed by atoms with van der Waals surface area (Å²) in [5.74, 6) is 0.772. The molecule has 32 heavy (non-hydrogen) atoms. The highest BCUT2D eigenvalue weighted by Crippen LogP contribution is 2.47. The van der Waals surface area contributed by atoms with Gasteiger partial charge in [0.05, 0.1) is 25.7 Å². The summed E-state index contributed by atoms with van der Waals surface area (Å²) in [6.07, 6.45) is -0.112. The van der Waals surface area contributed by atoms with Gasteiger partial charge in [-0.2, -0.15) is 0 Å². The van der Waals surface area contributed by atoms with Crippen molar-refractivity contribution in [2.24, 2.45) is 0 Å². The Kier molecular flexibility index (Phi) is 6.99. The maximum Gasteiger partial charge on any atom is 0.238 e. The number of hydrogen-bond acceptors (Lipinski definition) is 7. The van der Waals surface area contributed by atoms with Gasteiger partial charge in [0, 0.05) is 43.3 Å². The Morgan fingerprint density at radius 2 is 1.97 bits per heavy atom. The van der Waals surface area contributed by atoms with Crippen LogP contribution in [0.15, 0.2) is 18.2 Å². The standard InChI is InChI=1S/C23H34N4O5/c1-25(2)13-21(29)24-15-4-5-19-17(10-15)18-11-16(31-20(14-28)23(18)32-19)12-22(30)27-8-6-26(3)7-9-27/h4-5,10,16,18,20,23,28H,6-9,11-14H2,1-3H3,(H,24,29)/t16-,18-,20+,23+/m1/s1. The van der Waals surface area contributed by atoms with E-state index in [-0.39, 0.29) is 36.5 Å². The smallest absolute Gasteiger partial charge is 0.238 e. The Morgan fingerprint density at radius 1 is 1.22 bits per heavy atom. The second-order valence-electron chi connectivity index (χ2n) is 9.33. The van der Waals surface area contributed by atoms with Gasteiger partial charge in [-0.3, -0.25) is 9.59 Å². The van der Waals surface area contributed by atoms with Crippen LogP contribution in [0.2, 0.25) is 0 Å². The molecule has 3 heterocycles. The molecule has 1 aromatic carbocycles. The number of carbonyl (C=O) groups excluding carboxylic acids is 2. The number of hydrogen-bond donors (Lipinski definition) is 2. The molecule has 0 spiro atoms. The topological polar surface area (TPSA) is 94.6 Å². The molecule has 2 fully saturated rings. The maximum absolute atomic E-state index is 12.9. The van der Waals surface area contributed by atoms with Crippen LogP contribution >= 0.6 is 0 Å². The first-order valence-corrected chi connectivity index (χ1v) is 11.3. The molecule has 0 radical (unpaired) electrons. The summed E-state index contributed by atoms with van der Waals surface area (Å²) in [4.78, 5) is 31.0. The number of aliphatic hydroxyl groups excluding tert-OH is 1. The van der Waals surface area contributed by atoms with Crippen molar-refractivity contribution in [1.29, 1.82) is 0 Å². The molecule has 0 bridgehead atoms. The van der Waals surface area contributed by atoms with Crippen molar-refractivity contribution >= 4 is 17.5 Å². The van der Waals surface area contributed by atoms with Crippen LogP contribution in [0.1, 0.15) is 24.3 Å². The van der Waals surface area contributed by atoms with Gasteiger partial charge in [-0.15, -0.1) is 0 Å². The Bertz CT molecular complexity index is 840. The summed E-state index contributed by atoms with van der Waals surface area (Å²) in [6.45, 7) is 3.37. The van der Waals surface area contributed by atoms with Crippen molar-refractivity contribution in [3.8, 4) is 5.75 Å². The average Bonchev–Trinajstić information content (AvgIpc) is 3.11. The minimum atomic E-state index is -0.488. The third-order valence-corrected chi connectivity index (χ3v) is 6.50. The average molecular weight is 447 g/mol. The van der Waals surface area contributed by atoms with Gasteiger partial charge in [-0.05, 0) is 45.8 Å². The fraction of sp³-hybridized carbons (Fsp3) is 0.652. The van der Waals surface area contributed by atoms with Crippen molar-refractivity contribution in [3.05, 3.63) is 23.8 Å². The third-order valence-electron chi connectivity index (χ3n) is 6.50. The molecule has 176 valence electrons. The molecule has 9 nitrogen and oxygen atoms in total. The van der Waals surface area contributed by atoms with Crippen LogP contribution in [0.5, 0.6) is 5.75 Å². The van der Waals surface area contributed by atoms with Crippen LogP contribution in [0.3, 0.4) is 0 Å². The quantitative estimate of drug-likeness (QED) is 0.651. The van der Waals surface area contributed by atoms with E-state index in [1.54, 1.807) is 0 Å². The van der Waals surface area contributed by atoms with Gasteiger partial charge in [-0.1, -0.05) is 0 Å². The van der Waals surface area contributed by atoms with Crippen molar-refractivity contribution in [1.82, 2.24) is 14.7 Å². The highest BCUT2D eigenvalue weighted by atomic mass is 16.6. The number of nitrogens with zero attached hydrogens (tertiary/aromatic N) is 3. The van der Waals surface area contributed by atoms with E-state index in [9.17, 15) is 14.7 Å². The number of benzene rings is 1. The first-order chi connectivity index (χ1) is 15.3. The zero-order valence-corrected chi connectivity index (χ0v) is 19.1. The van der Waals surface area contributed by atoms with E-state index in [1.807, 2.05) is 42.1 Å². The second kappa shape index (κ2) is 9.74. The fourth-order valence-electron chi connectivity index (χ4n) is 4.83. The lowest BCUT2D eigenvalue weighted by Crippen LogP contribution is -2.50. The van der Waals surface area contributed by atoms with Gasteiger partial charge in [0.1, 0.15) is 18.0 Å². The van der Waals surface area contributed by atoms with Crippen LogP contribution in [0.25, 0.3) is 0 Å². The minimum absolute atomic E-state index is 0.00638. The molecule has 0 saturated carbocycles. The summed E-state index contributed by atoms with van der Waals surface area (Å²) in [6, 6.07) is 5.64. The van der Waals surface area contributed by atoms with Crippen molar-refractivity contribution in [2.45, 2.75) is 37.1 Å². The SMILES string of the molecule is CN(C)CC(=O)Nc1ccc2c(c1)[C@H]1C[C@H](CC(=O)N3CCN(C)CC3)O[C@@H](CO)[C@H]1O2. The lowest BCUT2D eigenvalue weighted by molar-refractivity contribution is -0.150. The number of nitrogens with one attached hydrogen (secondary N) is 1. The van der Waals surface area contributed by atoms with E-state index in [2.05, 4.69) is 17.3 Å². The van der Waals surface area contributed by atoms with E-state index < -0.39 is 6.10 Å². The second-order valence-corrected chi connectivity index (χ2v) is 9.33. The molecule has 1 aromatic rings. The zero-order chi connectivity index (χ0) is 22.8. The molecule has 3 aliphatic heterocycles. The molecule has 4 rings (SSSR count). The summed E-state index contributed by atoms with van der Waals surface area (Å²) < 4.78 is 12.2. The molecule has 2 saturated heterocycles. The van der Waals surface area contributed by atoms with Gasteiger partial charge >= 0.3 is 0 Å². The number of fused-ring (bicyclic) bond motifs is 3. The highest BCUT2D eigenvalue weighted by Gasteiger charge is 2.46. The number of rotatable bonds is 6. The van der Waals surface area contributed by atoms with Gasteiger partial charge < -0.3 is 34.6 Å². The summed E-state index contributed by atoms with van der Waals surface area (Å²) in [5, 5.41) is 12.9. The zero-order valence-electron chi connectivity index (χ0n) is 19.1. The number of anilines is 1. The molecular weight excluding hydrogens is 412 g/mol. The van der Waals surface area contributed by atoms with Crippen LogP contribution in [0.4, 0.5) is 5.69 Å². The minimum Gasteiger partial charge on any atom is -0.487 e. The monoisotopic (exact) mass is 446 g/mol. The van der Waals surface area contributed by atoms with E-state index in [0.717, 1.165) is 43.2 Å². The number of ether oxygens (including phenoxy) is 2. The molecule has 0 aromatic heterocycles. The first-order valence-electron chi connectivity index (χ1n) is 11.3. The summed E-state index contributed by atoms with van der Waals surface area (Å²) in [7, 11) is 5.76. The van der Waals surface area contributed by atoms with Crippen LogP contribution in [0, 0.1) is 0 Å². The van der Waals surface area contributed by atoms with Crippen LogP contribution < -0.4 is 10.1 Å². The largest absolute Gasteiger partial charge is 0.487 e. The van der Waals surface area contributed by atoms with Crippen molar-refractivity contribution < 1.29 is 24.2 Å². The normalized spacial score (nSPS) is 27.6. The molecule has 0 unspecified atom stereocenters. The van der Waals surface area contributed by atoms with Crippen LogP contribution in [-0.2, 0) is 14.3 Å². The Balaban J connectivity index is 1.45. The van der Waals surface area contributed by atoms with Crippen LogP contribution in [-0.4, -0.2) is 110 Å². The van der Waals surface area contributed by atoms with Gasteiger partial charge in [0.2, 0.25) is 11.8 Å². The van der Waals surface area contributed by atoms with Gasteiger partial charge in [0.15, 0.2) is 0 Å². The highest BCUT2D eigenvalue weighted by molar-refractivity contribution is 5.92. The van der Waals surface area contributed by atoms with E-state index >= 15 is 0 Å². The number of aliphatic hydroxyl groups is 1. The number of likely N-dealkylation sites (N-methyl/N-ethyl adjacent to an activating group) is 2. The number of piperazine rings is 1. The molecule has 9 heteroatoms. The molecule has 3 aliphatic rings. The lowest BCUT2D eigenvalue weighted by Gasteiger charge is -2.38. The number of carbonyl (C=O) groups is 2. The Labute approximate surface area is 189 Å². The Hall–Kier alpha value is -2.20. The van der Waals surface area contributed by atoms with E-state index in [1.165, 1.54) is 0 Å². The fourth-order valence-corrected chi connectivity index (χ4v) is 4.83. The van der Waals surface area contributed by atoms with E-state index in [0.29, 0.717) is 19.4 Å². The maximum atomic E-state index is 12.9. The Morgan fingerprint density at radius 3 is 2.66 bits per heavy atom. The lowest BCUT2D eigenvalue weighted by atomic mass is 9.84.